The Labute approximate surface area is 139 Å². The van der Waals surface area contributed by atoms with Crippen molar-refractivity contribution in [2.75, 3.05) is 32.8 Å². The summed E-state index contributed by atoms with van der Waals surface area (Å²) >= 11 is 0. The van der Waals surface area contributed by atoms with Crippen molar-refractivity contribution in [1.29, 1.82) is 0 Å². The second kappa shape index (κ2) is 6.11. The van der Waals surface area contributed by atoms with Gasteiger partial charge in [0.25, 0.3) is 0 Å². The molecule has 1 aliphatic carbocycles. The molecule has 0 bridgehead atoms. The fraction of sp³-hybridized carbons (Fsp3) is 0.706. The van der Waals surface area contributed by atoms with Crippen LogP contribution in [0.5, 0.6) is 0 Å². The minimum atomic E-state index is -2.65. The van der Waals surface area contributed by atoms with E-state index < -0.39 is 11.8 Å². The number of alkyl halides is 2. The second-order valence-electron chi connectivity index (χ2n) is 7.24. The summed E-state index contributed by atoms with van der Waals surface area (Å²) in [5.41, 5.74) is 1.12. The quantitative estimate of drug-likeness (QED) is 0.844. The number of carbonyl (C=O) groups excluding carboxylic acids is 1. The van der Waals surface area contributed by atoms with E-state index in [1.807, 2.05) is 6.07 Å². The third-order valence-electron chi connectivity index (χ3n) is 5.35. The van der Waals surface area contributed by atoms with E-state index in [2.05, 4.69) is 4.90 Å². The van der Waals surface area contributed by atoms with Crippen molar-refractivity contribution in [3.63, 3.8) is 0 Å². The third kappa shape index (κ3) is 3.19. The largest absolute Gasteiger partial charge is 0.472 e. The number of hydrogen-bond acceptors (Lipinski definition) is 4. The first-order valence-corrected chi connectivity index (χ1v) is 8.52. The molecule has 0 radical (unpaired) electrons. The summed E-state index contributed by atoms with van der Waals surface area (Å²) in [5.74, 6) is -3.05. The summed E-state index contributed by atoms with van der Waals surface area (Å²) < 4.78 is 37.0. The average molecular weight is 340 g/mol. The number of hydrogen-bond donors (Lipinski definition) is 0. The van der Waals surface area contributed by atoms with Crippen LogP contribution in [0.1, 0.15) is 18.4 Å². The highest BCUT2D eigenvalue weighted by atomic mass is 19.3. The first-order valence-electron chi connectivity index (χ1n) is 8.52. The summed E-state index contributed by atoms with van der Waals surface area (Å²) in [6.07, 6.45) is 2.82. The average Bonchev–Trinajstić information content (AvgIpc) is 3.11. The Morgan fingerprint density at radius 3 is 2.83 bits per heavy atom. The lowest BCUT2D eigenvalue weighted by Gasteiger charge is -2.36. The Kier molecular flexibility index (Phi) is 4.08. The van der Waals surface area contributed by atoms with Gasteiger partial charge in [-0.25, -0.2) is 8.78 Å². The number of ether oxygens (including phenoxy) is 1. The highest BCUT2D eigenvalue weighted by Gasteiger charge is 2.51. The Balaban J connectivity index is 1.35. The van der Waals surface area contributed by atoms with Crippen LogP contribution in [-0.4, -0.2) is 60.5 Å². The summed E-state index contributed by atoms with van der Waals surface area (Å²) in [7, 11) is 0. The molecule has 4 rings (SSSR count). The van der Waals surface area contributed by atoms with Gasteiger partial charge < -0.3 is 14.1 Å². The molecular formula is C17H22F2N2O3. The lowest BCUT2D eigenvalue weighted by molar-refractivity contribution is -0.159. The topological polar surface area (TPSA) is 45.9 Å². The standard InChI is InChI=1S/C17H22F2N2O3/c18-17(19)5-13(6-17)16(22)21-9-14-8-20(2-4-24-15(14)10-21)7-12-1-3-23-11-12/h1,3,11,13-15H,2,4-10H2/t14-,15+/m0/s1. The molecule has 0 unspecified atom stereocenters. The zero-order valence-electron chi connectivity index (χ0n) is 13.5. The van der Waals surface area contributed by atoms with Gasteiger partial charge in [0.05, 0.1) is 25.2 Å². The zero-order chi connectivity index (χ0) is 16.7. The van der Waals surface area contributed by atoms with E-state index in [0.717, 1.165) is 25.2 Å². The predicted octanol–water partition coefficient (Wildman–Crippen LogP) is 1.98. The lowest BCUT2D eigenvalue weighted by Crippen LogP contribution is -2.46. The molecule has 0 aromatic carbocycles. The van der Waals surface area contributed by atoms with Crippen LogP contribution in [0.3, 0.4) is 0 Å². The summed E-state index contributed by atoms with van der Waals surface area (Å²) in [5, 5.41) is 0. The van der Waals surface area contributed by atoms with E-state index in [-0.39, 0.29) is 30.8 Å². The van der Waals surface area contributed by atoms with Gasteiger partial charge in [0.1, 0.15) is 0 Å². The molecule has 1 amide bonds. The van der Waals surface area contributed by atoms with Crippen LogP contribution in [0.2, 0.25) is 0 Å². The van der Waals surface area contributed by atoms with Crippen molar-refractivity contribution < 1.29 is 22.7 Å². The van der Waals surface area contributed by atoms with Gasteiger partial charge in [0.15, 0.2) is 0 Å². The first kappa shape index (κ1) is 16.0. The molecule has 24 heavy (non-hydrogen) atoms. The monoisotopic (exact) mass is 340 g/mol. The molecule has 0 N–H and O–H groups in total. The molecule has 2 aliphatic heterocycles. The summed E-state index contributed by atoms with van der Waals surface area (Å²) in [4.78, 5) is 16.4. The number of amides is 1. The maximum atomic E-state index is 13.0. The Bertz CT molecular complexity index is 585. The van der Waals surface area contributed by atoms with E-state index >= 15 is 0 Å². The molecule has 132 valence electrons. The molecule has 1 aromatic rings. The van der Waals surface area contributed by atoms with Crippen LogP contribution < -0.4 is 0 Å². The molecule has 5 nitrogen and oxygen atoms in total. The van der Waals surface area contributed by atoms with Gasteiger partial charge in [-0.15, -0.1) is 0 Å². The van der Waals surface area contributed by atoms with Crippen LogP contribution >= 0.6 is 0 Å². The molecule has 1 aromatic heterocycles. The third-order valence-corrected chi connectivity index (χ3v) is 5.35. The van der Waals surface area contributed by atoms with Crippen molar-refractivity contribution in [3.05, 3.63) is 24.2 Å². The molecular weight excluding hydrogens is 318 g/mol. The fourth-order valence-corrected chi connectivity index (χ4v) is 4.02. The first-order chi connectivity index (χ1) is 11.5. The van der Waals surface area contributed by atoms with Crippen molar-refractivity contribution in [2.24, 2.45) is 11.8 Å². The number of fused-ring (bicyclic) bond motifs is 1. The maximum Gasteiger partial charge on any atom is 0.249 e. The smallest absolute Gasteiger partial charge is 0.249 e. The van der Waals surface area contributed by atoms with Gasteiger partial charge in [-0.3, -0.25) is 9.69 Å². The van der Waals surface area contributed by atoms with Gasteiger partial charge in [-0.1, -0.05) is 0 Å². The van der Waals surface area contributed by atoms with Crippen LogP contribution in [0.25, 0.3) is 0 Å². The maximum absolute atomic E-state index is 13.0. The highest BCUT2D eigenvalue weighted by molar-refractivity contribution is 5.80. The Hall–Kier alpha value is -1.47. The Morgan fingerprint density at radius 1 is 1.29 bits per heavy atom. The minimum Gasteiger partial charge on any atom is -0.472 e. The van der Waals surface area contributed by atoms with Crippen LogP contribution in [0, 0.1) is 11.8 Å². The molecule has 3 aliphatic rings. The van der Waals surface area contributed by atoms with E-state index in [0.29, 0.717) is 19.7 Å². The molecule has 2 atom stereocenters. The second-order valence-corrected chi connectivity index (χ2v) is 7.24. The predicted molar refractivity (Wildman–Crippen MR) is 81.5 cm³/mol. The normalized spacial score (nSPS) is 30.7. The number of nitrogens with zero attached hydrogens (tertiary/aromatic N) is 2. The number of furan rings is 1. The van der Waals surface area contributed by atoms with Gasteiger partial charge in [-0.2, -0.15) is 0 Å². The zero-order valence-corrected chi connectivity index (χ0v) is 13.5. The number of likely N-dealkylation sites (tertiary alicyclic amines) is 1. The molecule has 7 heteroatoms. The van der Waals surface area contributed by atoms with Gasteiger partial charge in [0.2, 0.25) is 11.8 Å². The number of carbonyl (C=O) groups is 1. The molecule has 1 saturated carbocycles. The highest BCUT2D eigenvalue weighted by Crippen LogP contribution is 2.43. The molecule has 0 spiro atoms. The summed E-state index contributed by atoms with van der Waals surface area (Å²) in [6, 6.07) is 1.95. The molecule has 3 heterocycles. The Morgan fingerprint density at radius 2 is 2.12 bits per heavy atom. The van der Waals surface area contributed by atoms with Crippen molar-refractivity contribution >= 4 is 5.91 Å². The van der Waals surface area contributed by atoms with E-state index in [9.17, 15) is 13.6 Å². The van der Waals surface area contributed by atoms with Crippen molar-refractivity contribution in [3.8, 4) is 0 Å². The lowest BCUT2D eigenvalue weighted by atomic mass is 9.80. The molecule has 2 saturated heterocycles. The van der Waals surface area contributed by atoms with Crippen LogP contribution in [0.4, 0.5) is 8.78 Å². The van der Waals surface area contributed by atoms with Gasteiger partial charge in [0, 0.05) is 63.0 Å². The van der Waals surface area contributed by atoms with Crippen LogP contribution in [0.15, 0.2) is 23.0 Å². The minimum absolute atomic E-state index is 0.0175. The number of halogens is 2. The van der Waals surface area contributed by atoms with E-state index in [1.165, 1.54) is 0 Å². The summed E-state index contributed by atoms with van der Waals surface area (Å²) in [6.45, 7) is 4.26. The van der Waals surface area contributed by atoms with Crippen molar-refractivity contribution in [2.45, 2.75) is 31.4 Å². The van der Waals surface area contributed by atoms with Crippen molar-refractivity contribution in [1.82, 2.24) is 9.80 Å². The van der Waals surface area contributed by atoms with Crippen LogP contribution in [-0.2, 0) is 16.1 Å². The fourth-order valence-electron chi connectivity index (χ4n) is 4.02. The SMILES string of the molecule is O=C(C1CC(F)(F)C1)N1C[C@@H]2CN(Cc3ccoc3)CCO[C@@H]2C1. The number of rotatable bonds is 3. The van der Waals surface area contributed by atoms with E-state index in [1.54, 1.807) is 17.4 Å². The van der Waals surface area contributed by atoms with E-state index in [4.69, 9.17) is 9.15 Å². The van der Waals surface area contributed by atoms with Gasteiger partial charge in [-0.05, 0) is 6.07 Å². The van der Waals surface area contributed by atoms with Gasteiger partial charge >= 0.3 is 0 Å². The molecule has 3 fully saturated rings.